The Hall–Kier alpha value is -3.79. The fraction of sp³-hybridized carbons (Fsp3) is 0.448. The molecule has 0 aliphatic carbocycles. The first kappa shape index (κ1) is 28.2. The van der Waals surface area contributed by atoms with E-state index in [-0.39, 0.29) is 30.7 Å². The zero-order valence-electron chi connectivity index (χ0n) is 23.3. The van der Waals surface area contributed by atoms with Gasteiger partial charge in [0.1, 0.15) is 5.82 Å². The van der Waals surface area contributed by atoms with Crippen molar-refractivity contribution >= 4 is 17.5 Å². The topological polar surface area (TPSA) is 94.8 Å². The predicted molar refractivity (Wildman–Crippen MR) is 147 cm³/mol. The van der Waals surface area contributed by atoms with Crippen LogP contribution in [0.4, 0.5) is 10.1 Å². The fourth-order valence-corrected chi connectivity index (χ4v) is 4.68. The highest BCUT2D eigenvalue weighted by Crippen LogP contribution is 2.28. The number of amides is 2. The van der Waals surface area contributed by atoms with Gasteiger partial charge in [0, 0.05) is 44.9 Å². The molecule has 208 valence electrons. The molecule has 0 saturated carbocycles. The van der Waals surface area contributed by atoms with Gasteiger partial charge in [-0.05, 0) is 60.6 Å². The van der Waals surface area contributed by atoms with Gasteiger partial charge >= 0.3 is 0 Å². The highest BCUT2D eigenvalue weighted by atomic mass is 19.1. The fourth-order valence-electron chi connectivity index (χ4n) is 4.68. The van der Waals surface area contributed by atoms with E-state index in [1.165, 1.54) is 12.1 Å². The molecular formula is C29H37FN6O3. The van der Waals surface area contributed by atoms with Crippen LogP contribution in [0, 0.1) is 25.6 Å². The summed E-state index contributed by atoms with van der Waals surface area (Å²) in [6.45, 7) is 9.51. The van der Waals surface area contributed by atoms with Crippen LogP contribution < -0.4 is 10.2 Å². The van der Waals surface area contributed by atoms with Crippen molar-refractivity contribution in [2.75, 3.05) is 31.6 Å². The third kappa shape index (κ3) is 7.20. The number of likely N-dealkylation sites (N-methyl/N-ethyl adjacent to an activating group) is 1. The molecule has 0 fully saturated rings. The number of rotatable bonds is 11. The zero-order valence-corrected chi connectivity index (χ0v) is 23.3. The first-order valence-electron chi connectivity index (χ1n) is 13.3. The lowest BCUT2D eigenvalue weighted by Gasteiger charge is -2.32. The minimum Gasteiger partial charge on any atom is -0.355 e. The maximum absolute atomic E-state index is 13.7. The molecule has 2 heterocycles. The number of carbonyl (C=O) groups is 2. The predicted octanol–water partition coefficient (Wildman–Crippen LogP) is 4.24. The molecule has 4 rings (SSSR count). The second-order valence-electron chi connectivity index (χ2n) is 10.5. The Labute approximate surface area is 228 Å². The molecule has 2 aromatic carbocycles. The molecule has 1 N–H and O–H groups in total. The van der Waals surface area contributed by atoms with Crippen molar-refractivity contribution in [2.45, 2.75) is 53.6 Å². The van der Waals surface area contributed by atoms with Crippen LogP contribution in [-0.4, -0.2) is 58.7 Å². The van der Waals surface area contributed by atoms with Crippen molar-refractivity contribution in [2.24, 2.45) is 5.92 Å². The van der Waals surface area contributed by atoms with Gasteiger partial charge in [-0.15, -0.1) is 0 Å². The number of hydrogen-bond donors (Lipinski definition) is 1. The Kier molecular flexibility index (Phi) is 8.96. The monoisotopic (exact) mass is 536 g/mol. The quantitative estimate of drug-likeness (QED) is 0.366. The van der Waals surface area contributed by atoms with Gasteiger partial charge in [0.05, 0.1) is 13.1 Å². The van der Waals surface area contributed by atoms with Gasteiger partial charge in [0.15, 0.2) is 0 Å². The summed E-state index contributed by atoms with van der Waals surface area (Å²) in [6.07, 6.45) is 1.92. The molecule has 0 unspecified atom stereocenters. The largest absolute Gasteiger partial charge is 0.355 e. The summed E-state index contributed by atoms with van der Waals surface area (Å²) < 4.78 is 18.9. The van der Waals surface area contributed by atoms with Crippen LogP contribution in [0.3, 0.4) is 0 Å². The van der Waals surface area contributed by atoms with Gasteiger partial charge in [0.25, 0.3) is 5.91 Å². The Morgan fingerprint density at radius 3 is 2.59 bits per heavy atom. The number of nitrogens with zero attached hydrogens (tertiary/aromatic N) is 5. The maximum Gasteiger partial charge on any atom is 0.256 e. The molecule has 1 aliphatic rings. The smallest absolute Gasteiger partial charge is 0.256 e. The molecule has 1 aliphatic heterocycles. The lowest BCUT2D eigenvalue weighted by Crippen LogP contribution is -2.48. The number of benzene rings is 2. The lowest BCUT2D eigenvalue weighted by atomic mass is 10.1. The number of aryl methyl sites for hydroxylation is 2. The van der Waals surface area contributed by atoms with Crippen LogP contribution in [0.15, 0.2) is 40.9 Å². The molecule has 0 radical (unpaired) electrons. The van der Waals surface area contributed by atoms with E-state index >= 15 is 0 Å². The number of nitrogens with one attached hydrogen (secondary N) is 1. The van der Waals surface area contributed by atoms with Crippen molar-refractivity contribution in [1.29, 1.82) is 0 Å². The lowest BCUT2D eigenvalue weighted by molar-refractivity contribution is -0.145. The van der Waals surface area contributed by atoms with Gasteiger partial charge in [-0.3, -0.25) is 14.6 Å². The van der Waals surface area contributed by atoms with Crippen molar-refractivity contribution < 1.29 is 18.5 Å². The first-order chi connectivity index (χ1) is 18.6. The summed E-state index contributed by atoms with van der Waals surface area (Å²) in [7, 11) is 1.71. The van der Waals surface area contributed by atoms with E-state index in [1.807, 2.05) is 30.1 Å². The molecule has 9 nitrogen and oxygen atoms in total. The molecule has 39 heavy (non-hydrogen) atoms. The SMILES string of the molecule is Cc1nc(-c2ccc(C)c(N(CC(=O)NCCCC(C)C)CC(=O)N(C)N3Cc4ccc(F)cc4C3)c2)no1. The molecule has 0 bridgehead atoms. The molecule has 2 amide bonds. The normalized spacial score (nSPS) is 13.0. The minimum atomic E-state index is -0.290. The molecule has 0 saturated heterocycles. The number of aromatic nitrogens is 2. The Balaban J connectivity index is 1.52. The van der Waals surface area contributed by atoms with Gasteiger partial charge < -0.3 is 14.7 Å². The minimum absolute atomic E-state index is 0.0161. The number of hydrogen-bond acceptors (Lipinski definition) is 7. The van der Waals surface area contributed by atoms with Gasteiger partial charge in [-0.25, -0.2) is 9.40 Å². The third-order valence-electron chi connectivity index (χ3n) is 6.94. The number of halogens is 1. The van der Waals surface area contributed by atoms with E-state index in [2.05, 4.69) is 29.3 Å². The summed E-state index contributed by atoms with van der Waals surface area (Å²) in [5, 5.41) is 10.4. The number of fused-ring (bicyclic) bond motifs is 1. The maximum atomic E-state index is 13.7. The molecule has 10 heteroatoms. The van der Waals surface area contributed by atoms with E-state index in [0.717, 1.165) is 40.8 Å². The van der Waals surface area contributed by atoms with Gasteiger partial charge in [-0.1, -0.05) is 37.2 Å². The molecule has 0 spiro atoms. The Morgan fingerprint density at radius 2 is 1.87 bits per heavy atom. The number of carbonyl (C=O) groups excluding carboxylic acids is 2. The average Bonchev–Trinajstić information content (AvgIpc) is 3.51. The zero-order chi connectivity index (χ0) is 28.1. The van der Waals surface area contributed by atoms with Crippen LogP contribution in [0.2, 0.25) is 0 Å². The second kappa shape index (κ2) is 12.4. The van der Waals surface area contributed by atoms with Crippen LogP contribution in [0.1, 0.15) is 49.3 Å². The van der Waals surface area contributed by atoms with Crippen molar-refractivity contribution in [1.82, 2.24) is 25.5 Å². The van der Waals surface area contributed by atoms with Crippen LogP contribution >= 0.6 is 0 Å². The van der Waals surface area contributed by atoms with E-state index in [9.17, 15) is 14.0 Å². The first-order valence-corrected chi connectivity index (χ1v) is 13.3. The summed E-state index contributed by atoms with van der Waals surface area (Å²) >= 11 is 0. The molecule has 3 aromatic rings. The second-order valence-corrected chi connectivity index (χ2v) is 10.5. The van der Waals surface area contributed by atoms with E-state index < -0.39 is 0 Å². The molecular weight excluding hydrogens is 499 g/mol. The van der Waals surface area contributed by atoms with E-state index in [0.29, 0.717) is 37.3 Å². The van der Waals surface area contributed by atoms with Crippen molar-refractivity contribution in [3.05, 3.63) is 64.8 Å². The summed E-state index contributed by atoms with van der Waals surface area (Å²) in [4.78, 5) is 32.6. The van der Waals surface area contributed by atoms with E-state index in [4.69, 9.17) is 4.52 Å². The highest BCUT2D eigenvalue weighted by Gasteiger charge is 2.27. The molecule has 1 aromatic heterocycles. The standard InChI is InChI=1S/C29H37FN6O3/c1-19(2)7-6-12-31-27(37)17-35(26-14-22(9-8-20(26)3)29-32-21(4)39-33-29)18-28(38)34(5)36-15-23-10-11-25(30)13-24(23)16-36/h8-11,13-14,19H,6-7,12,15-18H2,1-5H3,(H,31,37). The van der Waals surface area contributed by atoms with E-state index in [1.54, 1.807) is 29.9 Å². The number of hydrazine groups is 1. The average molecular weight is 537 g/mol. The van der Waals surface area contributed by atoms with Gasteiger partial charge in [-0.2, -0.15) is 4.98 Å². The summed E-state index contributed by atoms with van der Waals surface area (Å²) in [6, 6.07) is 10.4. The highest BCUT2D eigenvalue weighted by molar-refractivity contribution is 5.87. The molecule has 0 atom stereocenters. The Morgan fingerprint density at radius 1 is 1.10 bits per heavy atom. The Bertz CT molecular complexity index is 1320. The van der Waals surface area contributed by atoms with Crippen LogP contribution in [0.5, 0.6) is 0 Å². The van der Waals surface area contributed by atoms with Crippen molar-refractivity contribution in [3.63, 3.8) is 0 Å². The third-order valence-corrected chi connectivity index (χ3v) is 6.94. The van der Waals surface area contributed by atoms with Crippen molar-refractivity contribution in [3.8, 4) is 11.4 Å². The number of anilines is 1. The van der Waals surface area contributed by atoms with Crippen LogP contribution in [0.25, 0.3) is 11.4 Å². The van der Waals surface area contributed by atoms with Crippen LogP contribution in [-0.2, 0) is 22.7 Å². The summed E-state index contributed by atoms with van der Waals surface area (Å²) in [5.41, 5.74) is 4.23. The van der Waals surface area contributed by atoms with Gasteiger partial charge in [0.2, 0.25) is 17.6 Å². The summed E-state index contributed by atoms with van der Waals surface area (Å²) in [5.74, 6) is 0.834.